The van der Waals surface area contributed by atoms with Crippen LogP contribution in [0.5, 0.6) is 5.75 Å². The van der Waals surface area contributed by atoms with Crippen LogP contribution in [0.25, 0.3) is 5.52 Å². The molecule has 1 saturated heterocycles. The first kappa shape index (κ1) is 41.1. The summed E-state index contributed by atoms with van der Waals surface area (Å²) < 4.78 is 42.2. The fourth-order valence-corrected chi connectivity index (χ4v) is 6.74. The van der Waals surface area contributed by atoms with E-state index in [0.717, 1.165) is 19.3 Å². The first-order valence-electron chi connectivity index (χ1n) is 17.9. The summed E-state index contributed by atoms with van der Waals surface area (Å²) in [6, 6.07) is 9.82. The van der Waals surface area contributed by atoms with E-state index >= 15 is 0 Å². The molecule has 0 spiro atoms. The summed E-state index contributed by atoms with van der Waals surface area (Å²) in [5.74, 6) is 0.445. The molecule has 2 unspecified atom stereocenters. The lowest BCUT2D eigenvalue weighted by Crippen LogP contribution is -2.45. The molecule has 6 atom stereocenters. The van der Waals surface area contributed by atoms with Crippen molar-refractivity contribution in [1.29, 1.82) is 10.5 Å². The summed E-state index contributed by atoms with van der Waals surface area (Å²) in [6.45, 7) is 1.31. The maximum absolute atomic E-state index is 13.0. The summed E-state index contributed by atoms with van der Waals surface area (Å²) in [5.41, 5.74) is 4.51. The van der Waals surface area contributed by atoms with Crippen molar-refractivity contribution in [2.75, 3.05) is 32.2 Å². The van der Waals surface area contributed by atoms with Crippen molar-refractivity contribution in [2.45, 2.75) is 114 Å². The fourth-order valence-electron chi connectivity index (χ4n) is 5.95. The highest BCUT2D eigenvalue weighted by Gasteiger charge is 2.57. The van der Waals surface area contributed by atoms with Crippen molar-refractivity contribution >= 4 is 19.2 Å². The Labute approximate surface area is 304 Å². The topological polar surface area (TPSA) is 241 Å². The largest absolute Gasteiger partial charge is 0.484 e. The first-order valence-corrected chi connectivity index (χ1v) is 19.4. The van der Waals surface area contributed by atoms with Crippen LogP contribution in [-0.2, 0) is 23.1 Å². The van der Waals surface area contributed by atoms with E-state index in [1.807, 2.05) is 6.07 Å². The number of hydrogen-bond acceptors (Lipinski definition) is 14. The van der Waals surface area contributed by atoms with Crippen LogP contribution in [-0.4, -0.2) is 85.0 Å². The van der Waals surface area contributed by atoms with Crippen LogP contribution in [0.2, 0.25) is 0 Å². The highest BCUT2D eigenvalue weighted by atomic mass is 31.2. The number of ether oxygens (including phenoxy) is 3. The van der Waals surface area contributed by atoms with E-state index in [1.54, 1.807) is 18.2 Å². The predicted molar refractivity (Wildman–Crippen MR) is 189 cm³/mol. The van der Waals surface area contributed by atoms with Gasteiger partial charge < -0.3 is 35.1 Å². The van der Waals surface area contributed by atoms with Crippen molar-refractivity contribution < 1.29 is 42.9 Å². The van der Waals surface area contributed by atoms with Gasteiger partial charge in [0.25, 0.3) is 0 Å². The zero-order chi connectivity index (χ0) is 37.4. The molecule has 1 aliphatic rings. The number of aromatic nitrogens is 4. The molecule has 17 heteroatoms. The van der Waals surface area contributed by atoms with E-state index in [-0.39, 0.29) is 29.6 Å². The van der Waals surface area contributed by atoms with Gasteiger partial charge in [0, 0.05) is 6.61 Å². The lowest BCUT2D eigenvalue weighted by molar-refractivity contribution is -0.0755. The van der Waals surface area contributed by atoms with Gasteiger partial charge in [-0.2, -0.15) is 15.6 Å². The van der Waals surface area contributed by atoms with Crippen molar-refractivity contribution in [3.63, 3.8) is 0 Å². The summed E-state index contributed by atoms with van der Waals surface area (Å²) >= 11 is 0. The SMILES string of the molecule is CCCCCCCCCCCCCCOC[C@H](COP(=O)(O)OC[C@@]1(C#N)OC(c2ccc3c(N)ncnn23)[C@H](O)[C@@H]1O)Oc1ccc(C#N)nc1. The van der Waals surface area contributed by atoms with Crippen LogP contribution in [0.4, 0.5) is 5.82 Å². The molecule has 284 valence electrons. The van der Waals surface area contributed by atoms with Gasteiger partial charge in [-0.15, -0.1) is 0 Å². The summed E-state index contributed by atoms with van der Waals surface area (Å²) in [4.78, 5) is 18.4. The third-order valence-electron chi connectivity index (χ3n) is 8.91. The Bertz CT molecular complexity index is 1660. The number of rotatable bonds is 24. The van der Waals surface area contributed by atoms with E-state index < -0.39 is 51.1 Å². The van der Waals surface area contributed by atoms with E-state index in [0.29, 0.717) is 12.1 Å². The molecule has 4 heterocycles. The third-order valence-corrected chi connectivity index (χ3v) is 9.84. The lowest BCUT2D eigenvalue weighted by Gasteiger charge is -2.26. The highest BCUT2D eigenvalue weighted by Crippen LogP contribution is 2.47. The Morgan fingerprint density at radius 3 is 2.31 bits per heavy atom. The number of hydrogen-bond donors (Lipinski definition) is 4. The molecule has 0 radical (unpaired) electrons. The Balaban J connectivity index is 1.26. The van der Waals surface area contributed by atoms with Crippen molar-refractivity contribution in [2.24, 2.45) is 0 Å². The number of nitrogens with zero attached hydrogens (tertiary/aromatic N) is 6. The Morgan fingerprint density at radius 2 is 1.67 bits per heavy atom. The van der Waals surface area contributed by atoms with Gasteiger partial charge in [0.15, 0.2) is 5.82 Å². The van der Waals surface area contributed by atoms with Crippen LogP contribution in [0.3, 0.4) is 0 Å². The second-order valence-electron chi connectivity index (χ2n) is 12.9. The molecule has 0 amide bonds. The van der Waals surface area contributed by atoms with Crippen LogP contribution >= 0.6 is 7.82 Å². The molecule has 1 fully saturated rings. The minimum atomic E-state index is -4.88. The quantitative estimate of drug-likeness (QED) is 0.0702. The molecule has 0 saturated carbocycles. The molecular weight excluding hydrogens is 693 g/mol. The van der Waals surface area contributed by atoms with Crippen molar-refractivity contribution in [3.05, 3.63) is 48.2 Å². The van der Waals surface area contributed by atoms with Gasteiger partial charge in [0.1, 0.15) is 66.4 Å². The first-order chi connectivity index (χ1) is 25.1. The van der Waals surface area contributed by atoms with Crippen LogP contribution in [0.15, 0.2) is 36.8 Å². The number of nitrogens with two attached hydrogens (primary N) is 1. The standard InChI is InChI=1S/C35H50N7O9P/c1-2-3-4-5-6-7-8-9-10-11-12-13-18-47-21-28(50-27-15-14-26(19-36)39-20-27)22-48-52(45,46)49-24-35(23-37)33(44)31(43)32(51-35)29-16-17-30-34(38)40-25-41-42(29)30/h14-17,20,25,28,31-33,43-44H,2-13,18,21-22,24H2,1H3,(H,45,46)(H2,38,40,41)/t28-,31+,32?,33+,35-/m1/s1. The molecule has 16 nitrogen and oxygen atoms in total. The van der Waals surface area contributed by atoms with Gasteiger partial charge in [-0.3, -0.25) is 9.05 Å². The average molecular weight is 744 g/mol. The van der Waals surface area contributed by atoms with Crippen LogP contribution in [0.1, 0.15) is 101 Å². The van der Waals surface area contributed by atoms with E-state index in [4.69, 9.17) is 34.3 Å². The molecule has 0 aromatic carbocycles. The van der Waals surface area contributed by atoms with Gasteiger partial charge in [-0.1, -0.05) is 77.6 Å². The van der Waals surface area contributed by atoms with E-state index in [9.17, 15) is 24.9 Å². The normalized spacial score (nSPS) is 21.8. The highest BCUT2D eigenvalue weighted by molar-refractivity contribution is 7.47. The number of aliphatic hydroxyl groups excluding tert-OH is 2. The summed E-state index contributed by atoms with van der Waals surface area (Å²) in [6.07, 6.45) is 11.5. The maximum atomic E-state index is 13.0. The number of phosphoric acid groups is 1. The molecule has 0 bridgehead atoms. The number of nitriles is 2. The second kappa shape index (κ2) is 20.5. The number of unbranched alkanes of at least 4 members (excludes halogenated alkanes) is 11. The van der Waals surface area contributed by atoms with Crippen molar-refractivity contribution in [1.82, 2.24) is 19.6 Å². The molecule has 3 aromatic heterocycles. The second-order valence-corrected chi connectivity index (χ2v) is 14.4. The number of pyridine rings is 1. The number of phosphoric ester groups is 1. The molecule has 3 aromatic rings. The van der Waals surface area contributed by atoms with Gasteiger partial charge in [-0.05, 0) is 30.7 Å². The minimum Gasteiger partial charge on any atom is -0.484 e. The zero-order valence-corrected chi connectivity index (χ0v) is 30.5. The van der Waals surface area contributed by atoms with Crippen LogP contribution in [0, 0.1) is 22.7 Å². The zero-order valence-electron chi connectivity index (χ0n) is 29.6. The Morgan fingerprint density at radius 1 is 0.981 bits per heavy atom. The number of fused-ring (bicyclic) bond motifs is 1. The summed E-state index contributed by atoms with van der Waals surface area (Å²) in [5, 5.41) is 44.8. The molecule has 4 rings (SSSR count). The lowest BCUT2D eigenvalue weighted by atomic mass is 9.96. The van der Waals surface area contributed by atoms with Crippen molar-refractivity contribution in [3.8, 4) is 17.9 Å². The Kier molecular flexibility index (Phi) is 16.2. The van der Waals surface area contributed by atoms with Gasteiger partial charge in [-0.25, -0.2) is 19.0 Å². The van der Waals surface area contributed by atoms with Gasteiger partial charge >= 0.3 is 7.82 Å². The molecule has 1 aliphatic heterocycles. The number of aliphatic hydroxyl groups is 2. The number of anilines is 1. The molecule has 5 N–H and O–H groups in total. The van der Waals surface area contributed by atoms with Gasteiger partial charge in [0.05, 0.1) is 25.1 Å². The third kappa shape index (κ3) is 11.7. The van der Waals surface area contributed by atoms with E-state index in [1.165, 1.54) is 87.0 Å². The predicted octanol–water partition coefficient (Wildman–Crippen LogP) is 4.93. The molecule has 0 aliphatic carbocycles. The fraction of sp³-hybridized carbons (Fsp3) is 0.629. The number of nitrogen functional groups attached to an aromatic ring is 1. The maximum Gasteiger partial charge on any atom is 0.472 e. The van der Waals surface area contributed by atoms with E-state index in [2.05, 4.69) is 22.0 Å². The minimum absolute atomic E-state index is 0.00913. The smallest absolute Gasteiger partial charge is 0.472 e. The van der Waals surface area contributed by atoms with Gasteiger partial charge in [0.2, 0.25) is 5.60 Å². The average Bonchev–Trinajstić information content (AvgIpc) is 3.69. The molecular formula is C35H50N7O9P. The summed E-state index contributed by atoms with van der Waals surface area (Å²) in [7, 11) is -4.88. The molecule has 52 heavy (non-hydrogen) atoms. The van der Waals surface area contributed by atoms with Crippen LogP contribution < -0.4 is 10.5 Å². The Hall–Kier alpha value is -3.70. The monoisotopic (exact) mass is 743 g/mol.